The van der Waals surface area contributed by atoms with Gasteiger partial charge in [0.05, 0.1) is 20.1 Å². The Kier molecular flexibility index (Phi) is 6.40. The molecule has 1 heterocycles. The number of hydrogen-bond donors (Lipinski definition) is 2. The van der Waals surface area contributed by atoms with E-state index < -0.39 is 29.1 Å². The lowest BCUT2D eigenvalue weighted by Gasteiger charge is -2.40. The number of para-hydroxylation sites is 2. The maximum Gasteiger partial charge on any atom is 0.254 e. The molecule has 1 atom stereocenters. The van der Waals surface area contributed by atoms with E-state index in [4.69, 9.17) is 9.47 Å². The van der Waals surface area contributed by atoms with Crippen LogP contribution in [0.5, 0.6) is 11.5 Å². The van der Waals surface area contributed by atoms with Crippen LogP contribution in [-0.4, -0.2) is 25.9 Å². The highest BCUT2D eigenvalue weighted by Crippen LogP contribution is 2.50. The molecule has 4 rings (SSSR count). The van der Waals surface area contributed by atoms with Gasteiger partial charge in [-0.25, -0.2) is 8.78 Å². The van der Waals surface area contributed by atoms with Crippen molar-refractivity contribution in [1.82, 2.24) is 5.32 Å². The van der Waals surface area contributed by atoms with Crippen LogP contribution in [0.15, 0.2) is 58.9 Å². The fourth-order valence-electron chi connectivity index (χ4n) is 4.99. The molecule has 1 amide bonds. The third-order valence-electron chi connectivity index (χ3n) is 6.43. The fourth-order valence-corrected chi connectivity index (χ4v) is 4.99. The van der Waals surface area contributed by atoms with Gasteiger partial charge in [-0.15, -0.1) is 0 Å². The molecule has 0 fully saturated rings. The summed E-state index contributed by atoms with van der Waals surface area (Å²) >= 11 is 0. The predicted octanol–water partition coefficient (Wildman–Crippen LogP) is 5.22. The Morgan fingerprint density at radius 3 is 2.34 bits per heavy atom. The number of anilines is 1. The molecule has 2 aliphatic rings. The molecule has 6 nitrogen and oxygen atoms in total. The van der Waals surface area contributed by atoms with E-state index in [9.17, 15) is 18.4 Å². The summed E-state index contributed by atoms with van der Waals surface area (Å²) in [7, 11) is 2.98. The predicted molar refractivity (Wildman–Crippen MR) is 128 cm³/mol. The highest BCUT2D eigenvalue weighted by Gasteiger charge is 2.44. The molecule has 184 valence electrons. The summed E-state index contributed by atoms with van der Waals surface area (Å²) in [6.07, 6.45) is 0.900. The number of rotatable bonds is 5. The van der Waals surface area contributed by atoms with Crippen LogP contribution in [0.2, 0.25) is 0 Å². The van der Waals surface area contributed by atoms with Gasteiger partial charge in [0.1, 0.15) is 17.3 Å². The average Bonchev–Trinajstić information content (AvgIpc) is 2.79. The fraction of sp³-hybridized carbons (Fsp3) is 0.333. The van der Waals surface area contributed by atoms with Crippen molar-refractivity contribution in [2.75, 3.05) is 19.5 Å². The van der Waals surface area contributed by atoms with Gasteiger partial charge in [0, 0.05) is 34.5 Å². The van der Waals surface area contributed by atoms with Crippen molar-refractivity contribution >= 4 is 17.4 Å². The zero-order chi connectivity index (χ0) is 25.5. The molecule has 0 aromatic heterocycles. The van der Waals surface area contributed by atoms with Gasteiger partial charge in [-0.3, -0.25) is 9.59 Å². The molecule has 1 aliphatic heterocycles. The largest absolute Gasteiger partial charge is 0.493 e. The average molecular weight is 483 g/mol. The van der Waals surface area contributed by atoms with Crippen molar-refractivity contribution in [1.29, 1.82) is 0 Å². The molecule has 0 saturated heterocycles. The van der Waals surface area contributed by atoms with Gasteiger partial charge in [-0.2, -0.15) is 0 Å². The number of carbonyl (C=O) groups excluding carboxylic acids is 2. The molecule has 0 unspecified atom stereocenters. The molecule has 35 heavy (non-hydrogen) atoms. The Hall–Kier alpha value is -3.68. The second-order valence-corrected chi connectivity index (χ2v) is 9.56. The Balaban J connectivity index is 1.91. The number of carbonyl (C=O) groups is 2. The first-order chi connectivity index (χ1) is 16.6. The molecule has 0 spiro atoms. The Labute approximate surface area is 203 Å². The van der Waals surface area contributed by atoms with Gasteiger partial charge in [-0.05, 0) is 37.0 Å². The first-order valence-corrected chi connectivity index (χ1v) is 11.3. The third-order valence-corrected chi connectivity index (χ3v) is 6.43. The van der Waals surface area contributed by atoms with Crippen LogP contribution in [0.4, 0.5) is 14.5 Å². The SMILES string of the molecule is COc1cccc([C@H]2C(C(=O)Nc3c(F)cccc3F)=C(C)NC3=C2C(=O)CC(C)(C)C3)c1OC. The maximum atomic E-state index is 14.3. The number of dihydropyridines is 1. The number of hydrogen-bond acceptors (Lipinski definition) is 5. The van der Waals surface area contributed by atoms with E-state index in [1.54, 1.807) is 25.1 Å². The zero-order valence-corrected chi connectivity index (χ0v) is 20.3. The van der Waals surface area contributed by atoms with E-state index in [1.165, 1.54) is 20.3 Å². The topological polar surface area (TPSA) is 76.7 Å². The van der Waals surface area contributed by atoms with Crippen molar-refractivity contribution < 1.29 is 27.8 Å². The molecular weight excluding hydrogens is 454 g/mol. The zero-order valence-electron chi connectivity index (χ0n) is 20.3. The molecule has 2 N–H and O–H groups in total. The van der Waals surface area contributed by atoms with Gasteiger partial charge < -0.3 is 20.1 Å². The minimum atomic E-state index is -0.897. The van der Waals surface area contributed by atoms with E-state index in [2.05, 4.69) is 10.6 Å². The molecule has 2 aromatic rings. The normalized spacial score (nSPS) is 19.2. The van der Waals surface area contributed by atoms with Crippen LogP contribution in [0, 0.1) is 17.0 Å². The number of halogens is 2. The van der Waals surface area contributed by atoms with E-state index >= 15 is 0 Å². The number of amides is 1. The maximum absolute atomic E-state index is 14.3. The molecule has 1 aliphatic carbocycles. The van der Waals surface area contributed by atoms with Crippen molar-refractivity contribution in [3.8, 4) is 11.5 Å². The lowest BCUT2D eigenvalue weighted by atomic mass is 9.68. The van der Waals surface area contributed by atoms with Crippen molar-refractivity contribution in [2.45, 2.75) is 39.5 Å². The minimum Gasteiger partial charge on any atom is -0.493 e. The monoisotopic (exact) mass is 482 g/mol. The molecule has 0 saturated carbocycles. The van der Waals surface area contributed by atoms with Crippen LogP contribution in [-0.2, 0) is 9.59 Å². The first-order valence-electron chi connectivity index (χ1n) is 11.3. The standard InChI is InChI=1S/C27H28F2N2O4/c1-14-21(26(33)31-24-16(28)9-7-10-17(24)29)22(15-8-6-11-20(34-4)25(15)35-5)23-18(30-14)12-27(2,3)13-19(23)32/h6-11,22,30H,12-13H2,1-5H3,(H,31,33)/t22-/m0/s1. The van der Waals surface area contributed by atoms with Gasteiger partial charge in [0.15, 0.2) is 17.3 Å². The van der Waals surface area contributed by atoms with Gasteiger partial charge in [0.25, 0.3) is 5.91 Å². The number of ketones is 1. The number of ether oxygens (including phenoxy) is 2. The van der Waals surface area contributed by atoms with E-state index in [0.29, 0.717) is 41.2 Å². The van der Waals surface area contributed by atoms with E-state index in [-0.39, 0.29) is 16.8 Å². The summed E-state index contributed by atoms with van der Waals surface area (Å²) in [6.45, 7) is 5.74. The van der Waals surface area contributed by atoms with Gasteiger partial charge >= 0.3 is 0 Å². The Bertz CT molecular complexity index is 1260. The van der Waals surface area contributed by atoms with Gasteiger partial charge in [-0.1, -0.05) is 32.0 Å². The highest BCUT2D eigenvalue weighted by atomic mass is 19.1. The van der Waals surface area contributed by atoms with Crippen LogP contribution in [0.1, 0.15) is 45.1 Å². The summed E-state index contributed by atoms with van der Waals surface area (Å²) < 4.78 is 39.8. The third kappa shape index (κ3) is 4.40. The molecular formula is C27H28F2N2O4. The second kappa shape index (κ2) is 9.17. The second-order valence-electron chi connectivity index (χ2n) is 9.56. The molecule has 0 bridgehead atoms. The molecule has 0 radical (unpaired) electrons. The highest BCUT2D eigenvalue weighted by molar-refractivity contribution is 6.10. The van der Waals surface area contributed by atoms with Crippen LogP contribution in [0.25, 0.3) is 0 Å². The smallest absolute Gasteiger partial charge is 0.254 e. The number of nitrogens with one attached hydrogen (secondary N) is 2. The van der Waals surface area contributed by atoms with E-state index in [0.717, 1.165) is 17.8 Å². The molecule has 2 aromatic carbocycles. The van der Waals surface area contributed by atoms with Gasteiger partial charge in [0.2, 0.25) is 0 Å². The van der Waals surface area contributed by atoms with Crippen LogP contribution < -0.4 is 20.1 Å². The summed E-state index contributed by atoms with van der Waals surface area (Å²) in [5.74, 6) is -2.63. The number of benzene rings is 2. The van der Waals surface area contributed by atoms with Crippen LogP contribution >= 0.6 is 0 Å². The Morgan fingerprint density at radius 1 is 1.06 bits per heavy atom. The van der Waals surface area contributed by atoms with E-state index in [1.807, 2.05) is 13.8 Å². The number of allylic oxidation sites excluding steroid dienone is 3. The summed E-state index contributed by atoms with van der Waals surface area (Å²) in [5.41, 5.74) is 1.57. The minimum absolute atomic E-state index is 0.103. The van der Waals surface area contributed by atoms with Crippen molar-refractivity contribution in [3.63, 3.8) is 0 Å². The first kappa shape index (κ1) is 24.4. The summed E-state index contributed by atoms with van der Waals surface area (Å²) in [5, 5.41) is 5.61. The van der Waals surface area contributed by atoms with Crippen molar-refractivity contribution in [2.24, 2.45) is 5.41 Å². The number of Topliss-reactive ketones (excluding diaryl/α,β-unsaturated/α-hetero) is 1. The lowest BCUT2D eigenvalue weighted by molar-refractivity contribution is -0.118. The quantitative estimate of drug-likeness (QED) is 0.611. The van der Waals surface area contributed by atoms with Crippen LogP contribution in [0.3, 0.4) is 0 Å². The summed E-state index contributed by atoms with van der Waals surface area (Å²) in [6, 6.07) is 8.58. The molecule has 8 heteroatoms. The Morgan fingerprint density at radius 2 is 1.71 bits per heavy atom. The number of methoxy groups -OCH3 is 2. The lowest BCUT2D eigenvalue weighted by Crippen LogP contribution is -2.39. The van der Waals surface area contributed by atoms with Crippen molar-refractivity contribution in [3.05, 3.63) is 76.1 Å². The summed E-state index contributed by atoms with van der Waals surface area (Å²) in [4.78, 5) is 27.1.